The van der Waals surface area contributed by atoms with E-state index in [0.717, 1.165) is 16.6 Å². The molecule has 1 heteroatoms. The maximum atomic E-state index is 6.34. The molecule has 0 amide bonds. The van der Waals surface area contributed by atoms with Gasteiger partial charge in [0.15, 0.2) is 0 Å². The van der Waals surface area contributed by atoms with Crippen LogP contribution in [0.5, 0.6) is 0 Å². The molecule has 1 aliphatic carbocycles. The molecule has 0 N–H and O–H groups in total. The second-order valence-electron chi connectivity index (χ2n) is 12.6. The van der Waals surface area contributed by atoms with Crippen LogP contribution in [0.2, 0.25) is 0 Å². The van der Waals surface area contributed by atoms with E-state index in [-0.39, 0.29) is 5.41 Å². The lowest BCUT2D eigenvalue weighted by molar-refractivity contribution is 0.660. The highest BCUT2D eigenvalue weighted by atomic mass is 16.3. The third kappa shape index (κ3) is 3.34. The van der Waals surface area contributed by atoms with Gasteiger partial charge in [0.1, 0.15) is 11.2 Å². The van der Waals surface area contributed by atoms with Gasteiger partial charge in [-0.2, -0.15) is 0 Å². The maximum Gasteiger partial charge on any atom is 0.136 e. The predicted octanol–water partition coefficient (Wildman–Crippen LogP) is 11.8. The fraction of sp³-hybridized carbons (Fsp3) is 0.0952. The topological polar surface area (TPSA) is 13.1 Å². The van der Waals surface area contributed by atoms with Crippen LogP contribution in [0.15, 0.2) is 132 Å². The lowest BCUT2D eigenvalue weighted by atomic mass is 9.80. The van der Waals surface area contributed by atoms with Crippen LogP contribution in [-0.2, 0) is 5.41 Å². The first kappa shape index (κ1) is 24.5. The molecule has 1 aromatic heterocycles. The van der Waals surface area contributed by atoms with Gasteiger partial charge in [-0.15, -0.1) is 0 Å². The molecule has 0 radical (unpaired) electrons. The van der Waals surface area contributed by atoms with Gasteiger partial charge in [-0.1, -0.05) is 129 Å². The number of furan rings is 1. The molecular weight excluding hydrogens is 520 g/mol. The predicted molar refractivity (Wildman–Crippen MR) is 182 cm³/mol. The van der Waals surface area contributed by atoms with E-state index >= 15 is 0 Å². The molecule has 204 valence electrons. The summed E-state index contributed by atoms with van der Waals surface area (Å²) in [4.78, 5) is 0. The summed E-state index contributed by atoms with van der Waals surface area (Å²) >= 11 is 0. The highest BCUT2D eigenvalue weighted by Gasteiger charge is 2.35. The number of para-hydroxylation sites is 1. The third-order valence-corrected chi connectivity index (χ3v) is 9.72. The van der Waals surface area contributed by atoms with E-state index in [2.05, 4.69) is 142 Å². The Morgan fingerprint density at radius 1 is 0.465 bits per heavy atom. The van der Waals surface area contributed by atoms with E-state index in [1.165, 1.54) is 77.0 Å². The average Bonchev–Trinajstić information content (AvgIpc) is 3.52. The van der Waals surface area contributed by atoms with Crippen molar-refractivity contribution in [2.75, 3.05) is 0 Å². The highest BCUT2D eigenvalue weighted by Crippen LogP contribution is 2.52. The molecule has 7 aromatic carbocycles. The number of aryl methyl sites for hydroxylation is 1. The zero-order chi connectivity index (χ0) is 28.9. The summed E-state index contributed by atoms with van der Waals surface area (Å²) in [5.74, 6) is 0. The van der Waals surface area contributed by atoms with Crippen molar-refractivity contribution in [2.45, 2.75) is 26.2 Å². The van der Waals surface area contributed by atoms with Gasteiger partial charge in [0.25, 0.3) is 0 Å². The summed E-state index contributed by atoms with van der Waals surface area (Å²) < 4.78 is 6.34. The van der Waals surface area contributed by atoms with Crippen molar-refractivity contribution in [1.82, 2.24) is 0 Å². The monoisotopic (exact) mass is 550 g/mol. The molecule has 0 saturated carbocycles. The van der Waals surface area contributed by atoms with Crippen LogP contribution in [0.25, 0.3) is 76.9 Å². The van der Waals surface area contributed by atoms with Crippen molar-refractivity contribution >= 4 is 43.5 Å². The normalized spacial score (nSPS) is 13.7. The van der Waals surface area contributed by atoms with Gasteiger partial charge in [-0.25, -0.2) is 0 Å². The van der Waals surface area contributed by atoms with E-state index in [9.17, 15) is 0 Å². The molecule has 9 rings (SSSR count). The van der Waals surface area contributed by atoms with Gasteiger partial charge >= 0.3 is 0 Å². The lowest BCUT2D eigenvalue weighted by Crippen LogP contribution is -2.14. The second-order valence-corrected chi connectivity index (χ2v) is 12.6. The Morgan fingerprint density at radius 3 is 1.98 bits per heavy atom. The van der Waals surface area contributed by atoms with Gasteiger partial charge in [-0.05, 0) is 91.2 Å². The van der Waals surface area contributed by atoms with Crippen molar-refractivity contribution in [2.24, 2.45) is 0 Å². The van der Waals surface area contributed by atoms with Crippen LogP contribution in [0.4, 0.5) is 0 Å². The zero-order valence-corrected chi connectivity index (χ0v) is 24.5. The van der Waals surface area contributed by atoms with E-state index in [4.69, 9.17) is 4.42 Å². The van der Waals surface area contributed by atoms with Gasteiger partial charge in [0.05, 0.1) is 0 Å². The zero-order valence-electron chi connectivity index (χ0n) is 24.5. The van der Waals surface area contributed by atoms with E-state index in [1.54, 1.807) is 0 Å². The molecule has 0 bridgehead atoms. The van der Waals surface area contributed by atoms with E-state index in [0.29, 0.717) is 0 Å². The minimum atomic E-state index is -0.0542. The summed E-state index contributed by atoms with van der Waals surface area (Å²) in [5, 5.41) is 7.41. The van der Waals surface area contributed by atoms with Crippen molar-refractivity contribution < 1.29 is 4.42 Å². The van der Waals surface area contributed by atoms with Gasteiger partial charge < -0.3 is 4.42 Å². The summed E-state index contributed by atoms with van der Waals surface area (Å²) in [6.07, 6.45) is 0. The van der Waals surface area contributed by atoms with Crippen molar-refractivity contribution in [3.63, 3.8) is 0 Å². The Hall–Kier alpha value is -5.14. The number of rotatable bonds is 2. The van der Waals surface area contributed by atoms with Gasteiger partial charge in [0, 0.05) is 16.2 Å². The summed E-state index contributed by atoms with van der Waals surface area (Å²) in [6.45, 7) is 6.92. The molecule has 0 atom stereocenters. The number of fused-ring (bicyclic) bond motifs is 8. The van der Waals surface area contributed by atoms with E-state index < -0.39 is 0 Å². The Kier molecular flexibility index (Phi) is 4.94. The first-order valence-corrected chi connectivity index (χ1v) is 15.1. The van der Waals surface area contributed by atoms with Crippen molar-refractivity contribution in [1.29, 1.82) is 0 Å². The van der Waals surface area contributed by atoms with Crippen molar-refractivity contribution in [3.8, 4) is 33.4 Å². The summed E-state index contributed by atoms with van der Waals surface area (Å²) in [7, 11) is 0. The molecule has 1 nitrogen and oxygen atoms in total. The molecule has 43 heavy (non-hydrogen) atoms. The fourth-order valence-electron chi connectivity index (χ4n) is 7.74. The maximum absolute atomic E-state index is 6.34. The minimum absolute atomic E-state index is 0.0542. The first-order valence-electron chi connectivity index (χ1n) is 15.1. The minimum Gasteiger partial charge on any atom is -0.456 e. The Labute approximate surface area is 251 Å². The highest BCUT2D eigenvalue weighted by molar-refractivity contribution is 6.25. The average molecular weight is 551 g/mol. The number of benzene rings is 7. The quantitative estimate of drug-likeness (QED) is 0.195. The largest absolute Gasteiger partial charge is 0.456 e. The molecule has 8 aromatic rings. The van der Waals surface area contributed by atoms with Crippen LogP contribution in [0.3, 0.4) is 0 Å². The van der Waals surface area contributed by atoms with Crippen LogP contribution in [0.1, 0.15) is 30.5 Å². The summed E-state index contributed by atoms with van der Waals surface area (Å²) in [5.41, 5.74) is 13.6. The fourth-order valence-corrected chi connectivity index (χ4v) is 7.74. The summed E-state index contributed by atoms with van der Waals surface area (Å²) in [6, 6.07) is 46.8. The van der Waals surface area contributed by atoms with Gasteiger partial charge in [-0.3, -0.25) is 0 Å². The van der Waals surface area contributed by atoms with Crippen LogP contribution in [-0.4, -0.2) is 0 Å². The molecule has 0 aliphatic heterocycles. The smallest absolute Gasteiger partial charge is 0.136 e. The lowest BCUT2D eigenvalue weighted by Gasteiger charge is -2.23. The Bertz CT molecular complexity index is 2440. The van der Waals surface area contributed by atoms with Crippen LogP contribution >= 0.6 is 0 Å². The van der Waals surface area contributed by atoms with Crippen LogP contribution in [0, 0.1) is 6.92 Å². The Morgan fingerprint density at radius 2 is 1.12 bits per heavy atom. The third-order valence-electron chi connectivity index (χ3n) is 9.72. The first-order chi connectivity index (χ1) is 21.0. The van der Waals surface area contributed by atoms with Crippen molar-refractivity contribution in [3.05, 3.63) is 144 Å². The van der Waals surface area contributed by atoms with Gasteiger partial charge in [0.2, 0.25) is 0 Å². The Balaban J connectivity index is 1.40. The van der Waals surface area contributed by atoms with E-state index in [1.807, 2.05) is 6.07 Å². The number of hydrogen-bond donors (Lipinski definition) is 0. The molecule has 0 unspecified atom stereocenters. The number of hydrogen-bond acceptors (Lipinski definition) is 1. The van der Waals surface area contributed by atoms with Crippen LogP contribution < -0.4 is 0 Å². The standard InChI is InChI=1S/C42H30O/c1-25-19-21-31-34(23-25)39(26-20-22-28-27-11-6-8-16-35(27)42(2,3)36(28)24-26)29-12-4-5-13-30(29)40(31)33-15-10-18-38-41(33)32-14-7-9-17-37(32)43-38/h4-24H,1-3H3. The SMILES string of the molecule is Cc1ccc2c(-c3cccc4oc5ccccc5c34)c3ccccc3c(-c3ccc4c(c3)C(C)(C)c3ccccc3-4)c2c1. The molecule has 1 heterocycles. The molecule has 0 fully saturated rings. The molecule has 0 saturated heterocycles. The second kappa shape index (κ2) is 8.69. The molecule has 0 spiro atoms. The molecular formula is C42H30O. The molecule has 1 aliphatic rings.